The molecule has 2 aliphatic rings. The van der Waals surface area contributed by atoms with Crippen molar-refractivity contribution in [2.75, 3.05) is 31.7 Å². The first kappa shape index (κ1) is 15.6. The van der Waals surface area contributed by atoms with E-state index in [0.29, 0.717) is 38.7 Å². The summed E-state index contributed by atoms with van der Waals surface area (Å²) in [5.41, 5.74) is 6.95. The van der Waals surface area contributed by atoms with E-state index in [4.69, 9.17) is 4.74 Å². The number of ether oxygens (including phenoxy) is 1. The van der Waals surface area contributed by atoms with Gasteiger partial charge in [0.1, 0.15) is 6.33 Å². The quantitative estimate of drug-likeness (QED) is 0.852. The molecule has 25 heavy (non-hydrogen) atoms. The highest BCUT2D eigenvalue weighted by Gasteiger charge is 2.31. The second-order valence-electron chi connectivity index (χ2n) is 5.81. The number of carbonyl (C=O) groups excluding carboxylic acids is 2. The third kappa shape index (κ3) is 2.94. The fourth-order valence-electron chi connectivity index (χ4n) is 2.86. The standard InChI is InChI=1S/C16H18N6O3/c23-15(20-6-8-25-9-7-20)13-14-18-19-22(16(24)21(14)11-17-13)10-12-4-2-1-3-5-12/h1-5,11,18-19H,6-10H2. The lowest BCUT2D eigenvalue weighted by atomic mass is 10.2. The molecular formula is C16H18N6O3. The number of hydrogen-bond donors (Lipinski definition) is 2. The van der Waals surface area contributed by atoms with E-state index in [1.54, 1.807) is 4.90 Å². The molecule has 9 heteroatoms. The van der Waals surface area contributed by atoms with Crippen molar-refractivity contribution >= 4 is 17.8 Å². The number of hydrazine groups is 2. The minimum Gasteiger partial charge on any atom is -0.378 e. The second-order valence-corrected chi connectivity index (χ2v) is 5.81. The molecule has 1 aromatic heterocycles. The summed E-state index contributed by atoms with van der Waals surface area (Å²) in [6.45, 7) is 2.45. The maximum Gasteiger partial charge on any atom is 0.347 e. The number of amides is 2. The largest absolute Gasteiger partial charge is 0.378 e. The van der Waals surface area contributed by atoms with Gasteiger partial charge < -0.3 is 9.64 Å². The number of benzene rings is 1. The fourth-order valence-corrected chi connectivity index (χ4v) is 2.86. The lowest BCUT2D eigenvalue weighted by molar-refractivity contribution is 0.0300. The van der Waals surface area contributed by atoms with E-state index >= 15 is 0 Å². The van der Waals surface area contributed by atoms with Crippen molar-refractivity contribution in [1.29, 1.82) is 0 Å². The molecule has 1 aromatic carbocycles. The van der Waals surface area contributed by atoms with E-state index in [-0.39, 0.29) is 17.6 Å². The zero-order valence-corrected chi connectivity index (χ0v) is 13.5. The number of nitrogens with zero attached hydrogens (tertiary/aromatic N) is 4. The average molecular weight is 342 g/mol. The number of hydrogen-bond acceptors (Lipinski definition) is 6. The average Bonchev–Trinajstić information content (AvgIpc) is 3.10. The number of aromatic nitrogens is 2. The van der Waals surface area contributed by atoms with Crippen LogP contribution in [0, 0.1) is 0 Å². The Balaban J connectivity index is 1.53. The minimum absolute atomic E-state index is 0.212. The molecular weight excluding hydrogens is 324 g/mol. The summed E-state index contributed by atoms with van der Waals surface area (Å²) in [7, 11) is 0. The van der Waals surface area contributed by atoms with Crippen LogP contribution >= 0.6 is 0 Å². The Morgan fingerprint density at radius 2 is 1.96 bits per heavy atom. The van der Waals surface area contributed by atoms with Gasteiger partial charge in [0.05, 0.1) is 19.8 Å². The van der Waals surface area contributed by atoms with E-state index < -0.39 is 0 Å². The van der Waals surface area contributed by atoms with Gasteiger partial charge in [-0.25, -0.2) is 19.4 Å². The Bertz CT molecular complexity index is 784. The number of nitrogens with one attached hydrogen (secondary N) is 2. The number of morpholine rings is 1. The molecule has 0 unspecified atom stereocenters. The van der Waals surface area contributed by atoms with Gasteiger partial charge in [-0.15, -0.1) is 5.53 Å². The maximum atomic E-state index is 12.6. The topological polar surface area (TPSA) is 91.7 Å². The van der Waals surface area contributed by atoms with Crippen LogP contribution < -0.4 is 11.0 Å². The van der Waals surface area contributed by atoms with Gasteiger partial charge in [0.25, 0.3) is 5.91 Å². The third-order valence-electron chi connectivity index (χ3n) is 4.20. The highest BCUT2D eigenvalue weighted by Crippen LogP contribution is 2.21. The summed E-state index contributed by atoms with van der Waals surface area (Å²) in [6, 6.07) is 9.33. The van der Waals surface area contributed by atoms with Gasteiger partial charge in [0.15, 0.2) is 11.5 Å². The molecule has 2 N–H and O–H groups in total. The number of fused-ring (bicyclic) bond motifs is 1. The molecule has 1 saturated heterocycles. The van der Waals surface area contributed by atoms with Crippen LogP contribution in [0.25, 0.3) is 0 Å². The van der Waals surface area contributed by atoms with Gasteiger partial charge in [-0.1, -0.05) is 30.3 Å². The molecule has 0 saturated carbocycles. The van der Waals surface area contributed by atoms with E-state index in [9.17, 15) is 9.59 Å². The molecule has 9 nitrogen and oxygen atoms in total. The Labute approximate surface area is 144 Å². The minimum atomic E-state index is -0.300. The first-order chi connectivity index (χ1) is 12.2. The van der Waals surface area contributed by atoms with Gasteiger partial charge in [-0.05, 0) is 5.56 Å². The van der Waals surface area contributed by atoms with Crippen LogP contribution in [0.3, 0.4) is 0 Å². The van der Waals surface area contributed by atoms with Gasteiger partial charge in [-0.3, -0.25) is 10.2 Å². The first-order valence-electron chi connectivity index (χ1n) is 8.06. The maximum absolute atomic E-state index is 12.6. The Hall–Kier alpha value is -2.91. The molecule has 4 rings (SSSR count). The number of carbonyl (C=O) groups is 2. The molecule has 0 radical (unpaired) electrons. The zero-order valence-electron chi connectivity index (χ0n) is 13.5. The van der Waals surface area contributed by atoms with Crippen LogP contribution in [0.4, 0.5) is 10.6 Å². The van der Waals surface area contributed by atoms with Crippen LogP contribution in [0.2, 0.25) is 0 Å². The van der Waals surface area contributed by atoms with E-state index in [1.165, 1.54) is 15.9 Å². The van der Waals surface area contributed by atoms with E-state index in [0.717, 1.165) is 5.56 Å². The van der Waals surface area contributed by atoms with Crippen LogP contribution in [0.1, 0.15) is 16.1 Å². The predicted octanol–water partition coefficient (Wildman–Crippen LogP) is 0.671. The normalized spacial score (nSPS) is 17.2. The van der Waals surface area contributed by atoms with Gasteiger partial charge in [-0.2, -0.15) is 0 Å². The number of imidazole rings is 1. The fraction of sp³-hybridized carbons (Fsp3) is 0.312. The molecule has 2 aromatic rings. The highest BCUT2D eigenvalue weighted by molar-refractivity contribution is 5.99. The van der Waals surface area contributed by atoms with E-state index in [2.05, 4.69) is 15.9 Å². The van der Waals surface area contributed by atoms with Crippen molar-refractivity contribution in [1.82, 2.24) is 25.0 Å². The molecule has 130 valence electrons. The van der Waals surface area contributed by atoms with Gasteiger partial charge >= 0.3 is 6.03 Å². The molecule has 0 atom stereocenters. The van der Waals surface area contributed by atoms with Crippen LogP contribution in [0.5, 0.6) is 0 Å². The van der Waals surface area contributed by atoms with Crippen LogP contribution in [0.15, 0.2) is 36.7 Å². The number of anilines is 1. The van der Waals surface area contributed by atoms with Gasteiger partial charge in [0.2, 0.25) is 0 Å². The molecule has 2 aliphatic heterocycles. The summed E-state index contributed by atoms with van der Waals surface area (Å²) >= 11 is 0. The van der Waals surface area contributed by atoms with Crippen molar-refractivity contribution in [3.8, 4) is 0 Å². The second kappa shape index (κ2) is 6.54. The molecule has 2 amide bonds. The summed E-state index contributed by atoms with van der Waals surface area (Å²) in [5.74, 6) is 0.140. The summed E-state index contributed by atoms with van der Waals surface area (Å²) in [5, 5.41) is 1.42. The number of rotatable bonds is 3. The summed E-state index contributed by atoms with van der Waals surface area (Å²) < 4.78 is 6.60. The smallest absolute Gasteiger partial charge is 0.347 e. The molecule has 3 heterocycles. The SMILES string of the molecule is O=C(c1ncn2c1NNN(Cc1ccccc1)C2=O)N1CCOCC1. The lowest BCUT2D eigenvalue weighted by Crippen LogP contribution is -2.52. The zero-order chi connectivity index (χ0) is 17.2. The monoisotopic (exact) mass is 342 g/mol. The molecule has 0 bridgehead atoms. The molecule has 0 aliphatic carbocycles. The van der Waals surface area contributed by atoms with Crippen molar-refractivity contribution in [3.63, 3.8) is 0 Å². The lowest BCUT2D eigenvalue weighted by Gasteiger charge is -2.30. The van der Waals surface area contributed by atoms with E-state index in [1.807, 2.05) is 30.3 Å². The van der Waals surface area contributed by atoms with Crippen LogP contribution in [-0.2, 0) is 11.3 Å². The van der Waals surface area contributed by atoms with Crippen molar-refractivity contribution in [3.05, 3.63) is 47.9 Å². The predicted molar refractivity (Wildman–Crippen MR) is 88.5 cm³/mol. The van der Waals surface area contributed by atoms with Crippen LogP contribution in [-0.4, -0.2) is 57.7 Å². The van der Waals surface area contributed by atoms with Crippen molar-refractivity contribution < 1.29 is 14.3 Å². The summed E-state index contributed by atoms with van der Waals surface area (Å²) in [4.78, 5) is 31.1. The van der Waals surface area contributed by atoms with Crippen molar-refractivity contribution in [2.45, 2.75) is 6.54 Å². The molecule has 0 spiro atoms. The summed E-state index contributed by atoms with van der Waals surface area (Å²) in [6.07, 6.45) is 1.37. The Morgan fingerprint density at radius 3 is 2.72 bits per heavy atom. The Morgan fingerprint density at radius 1 is 1.20 bits per heavy atom. The highest BCUT2D eigenvalue weighted by atomic mass is 16.5. The van der Waals surface area contributed by atoms with Crippen molar-refractivity contribution in [2.24, 2.45) is 0 Å². The molecule has 1 fully saturated rings. The Kier molecular flexibility index (Phi) is 4.08. The van der Waals surface area contributed by atoms with Gasteiger partial charge in [0, 0.05) is 13.1 Å². The third-order valence-corrected chi connectivity index (χ3v) is 4.20. The first-order valence-corrected chi connectivity index (χ1v) is 8.06.